The molecule has 0 fully saturated rings. The average Bonchev–Trinajstić information content (AvgIpc) is 3.45. The zero-order chi connectivity index (χ0) is 30.8. The summed E-state index contributed by atoms with van der Waals surface area (Å²) < 4.78 is 9.31. The Morgan fingerprint density at radius 1 is 0.535 bits per heavy atom. The average molecular weight is 561 g/mol. The van der Waals surface area contributed by atoms with Crippen LogP contribution in [0.3, 0.4) is 0 Å². The van der Waals surface area contributed by atoms with Crippen LogP contribution in [0, 0.1) is 0 Å². The highest BCUT2D eigenvalue weighted by Crippen LogP contribution is 2.54. The standard InChI is InChI=1S/C42H41N/c1-26-25-40(2,3)35-21-18-27(22-34(26)35)43(28-16-19-32-30-12-8-10-14-36(30)41(4,5)38(32)23-28)29-17-20-33-31-13-9-11-15-37(31)42(6,7)39(33)24-29/h8-24,26H,25H2,1-7H3/i26D. The van der Waals surface area contributed by atoms with E-state index in [2.05, 4.69) is 156 Å². The summed E-state index contributed by atoms with van der Waals surface area (Å²) in [4.78, 5) is 2.43. The lowest BCUT2D eigenvalue weighted by atomic mass is 9.82. The van der Waals surface area contributed by atoms with E-state index in [1.165, 1.54) is 50.1 Å². The van der Waals surface area contributed by atoms with Gasteiger partial charge in [0, 0.05) is 29.3 Å². The molecule has 0 bridgehead atoms. The van der Waals surface area contributed by atoms with Gasteiger partial charge in [-0.05, 0) is 110 Å². The van der Waals surface area contributed by atoms with E-state index in [1.807, 2.05) is 0 Å². The highest BCUT2D eigenvalue weighted by Gasteiger charge is 2.39. The molecule has 1 heteroatoms. The predicted molar refractivity (Wildman–Crippen MR) is 182 cm³/mol. The molecular weight excluding hydrogens is 518 g/mol. The van der Waals surface area contributed by atoms with Crippen molar-refractivity contribution in [2.24, 2.45) is 0 Å². The first kappa shape index (κ1) is 25.4. The van der Waals surface area contributed by atoms with E-state index in [9.17, 15) is 1.37 Å². The van der Waals surface area contributed by atoms with Crippen LogP contribution < -0.4 is 4.90 Å². The molecule has 0 radical (unpaired) electrons. The van der Waals surface area contributed by atoms with Crippen LogP contribution in [0.5, 0.6) is 0 Å². The van der Waals surface area contributed by atoms with Crippen molar-refractivity contribution in [2.75, 3.05) is 4.90 Å². The SMILES string of the molecule is [2H]C1(C)CC(C)(C)c2ccc(N(c3ccc4c(c3)C(C)(C)c3ccccc3-4)c3ccc4c(c3)C(C)(C)c3ccccc3-4)cc21. The fourth-order valence-corrected chi connectivity index (χ4v) is 8.58. The summed E-state index contributed by atoms with van der Waals surface area (Å²) in [6.45, 7) is 16.0. The number of hydrogen-bond acceptors (Lipinski definition) is 1. The van der Waals surface area contributed by atoms with Crippen molar-refractivity contribution in [1.82, 2.24) is 0 Å². The summed E-state index contributed by atoms with van der Waals surface area (Å²) in [5, 5.41) is 0. The van der Waals surface area contributed by atoms with Crippen molar-refractivity contribution in [3.63, 3.8) is 0 Å². The van der Waals surface area contributed by atoms with Gasteiger partial charge < -0.3 is 4.90 Å². The fourth-order valence-electron chi connectivity index (χ4n) is 8.58. The quantitative estimate of drug-likeness (QED) is 0.212. The molecule has 5 aromatic carbocycles. The molecule has 1 atom stereocenters. The molecular formula is C42H41N. The Balaban J connectivity index is 1.35. The smallest absolute Gasteiger partial charge is 0.0465 e. The van der Waals surface area contributed by atoms with E-state index < -0.39 is 5.89 Å². The van der Waals surface area contributed by atoms with Gasteiger partial charge in [0.25, 0.3) is 0 Å². The third kappa shape index (κ3) is 3.64. The van der Waals surface area contributed by atoms with Crippen LogP contribution in [0.2, 0.25) is 0 Å². The second-order valence-electron chi connectivity index (χ2n) is 14.7. The Labute approximate surface area is 258 Å². The molecule has 0 saturated carbocycles. The van der Waals surface area contributed by atoms with E-state index in [4.69, 9.17) is 0 Å². The second-order valence-corrected chi connectivity index (χ2v) is 14.7. The van der Waals surface area contributed by atoms with Crippen molar-refractivity contribution >= 4 is 17.1 Å². The molecule has 0 aromatic heterocycles. The molecule has 0 aliphatic heterocycles. The third-order valence-corrected chi connectivity index (χ3v) is 10.8. The minimum atomic E-state index is -0.621. The summed E-state index contributed by atoms with van der Waals surface area (Å²) >= 11 is 0. The van der Waals surface area contributed by atoms with E-state index >= 15 is 0 Å². The van der Waals surface area contributed by atoms with Crippen molar-refractivity contribution in [3.8, 4) is 22.3 Å². The normalized spacial score (nSPS) is 21.3. The van der Waals surface area contributed by atoms with Gasteiger partial charge >= 0.3 is 0 Å². The monoisotopic (exact) mass is 560 g/mol. The van der Waals surface area contributed by atoms with Crippen LogP contribution in [0.1, 0.15) is 95.5 Å². The molecule has 0 N–H and O–H groups in total. The van der Waals surface area contributed by atoms with Crippen LogP contribution in [-0.4, -0.2) is 0 Å². The lowest BCUT2D eigenvalue weighted by Gasteiger charge is -2.30. The molecule has 3 aliphatic carbocycles. The highest BCUT2D eigenvalue weighted by molar-refractivity contribution is 5.88. The van der Waals surface area contributed by atoms with Gasteiger partial charge in [0.05, 0.1) is 0 Å². The van der Waals surface area contributed by atoms with Gasteiger partial charge in [-0.15, -0.1) is 0 Å². The highest BCUT2D eigenvalue weighted by atomic mass is 15.1. The molecule has 5 aromatic rings. The Bertz CT molecular complexity index is 1900. The largest absolute Gasteiger partial charge is 0.310 e. The molecule has 8 rings (SSSR count). The lowest BCUT2D eigenvalue weighted by Crippen LogP contribution is -2.18. The summed E-state index contributed by atoms with van der Waals surface area (Å²) in [6, 6.07) is 38.6. The number of nitrogens with zero attached hydrogens (tertiary/aromatic N) is 1. The summed E-state index contributed by atoms with van der Waals surface area (Å²) in [7, 11) is 0. The van der Waals surface area contributed by atoms with E-state index in [0.29, 0.717) is 0 Å². The number of hydrogen-bond donors (Lipinski definition) is 0. The van der Waals surface area contributed by atoms with Crippen LogP contribution in [-0.2, 0) is 16.2 Å². The first-order valence-corrected chi connectivity index (χ1v) is 15.7. The molecule has 0 spiro atoms. The Kier molecular flexibility index (Phi) is 5.16. The summed E-state index contributed by atoms with van der Waals surface area (Å²) in [5.74, 6) is -0.621. The summed E-state index contributed by atoms with van der Waals surface area (Å²) in [6.07, 6.45) is 0.829. The van der Waals surface area contributed by atoms with Crippen molar-refractivity contribution < 1.29 is 1.37 Å². The molecule has 214 valence electrons. The number of fused-ring (bicyclic) bond motifs is 7. The van der Waals surface area contributed by atoms with Gasteiger partial charge in [-0.3, -0.25) is 0 Å². The topological polar surface area (TPSA) is 3.24 Å². The van der Waals surface area contributed by atoms with Gasteiger partial charge in [-0.1, -0.05) is 115 Å². The maximum atomic E-state index is 9.31. The third-order valence-electron chi connectivity index (χ3n) is 10.8. The van der Waals surface area contributed by atoms with Crippen LogP contribution in [0.15, 0.2) is 103 Å². The van der Waals surface area contributed by atoms with E-state index in [0.717, 1.165) is 29.0 Å². The Morgan fingerprint density at radius 3 is 1.51 bits per heavy atom. The zero-order valence-corrected chi connectivity index (χ0v) is 26.5. The van der Waals surface area contributed by atoms with Crippen LogP contribution >= 0.6 is 0 Å². The van der Waals surface area contributed by atoms with E-state index in [-0.39, 0.29) is 16.2 Å². The maximum Gasteiger partial charge on any atom is 0.0465 e. The van der Waals surface area contributed by atoms with Gasteiger partial charge in [-0.2, -0.15) is 0 Å². The van der Waals surface area contributed by atoms with Crippen LogP contribution in [0.25, 0.3) is 22.3 Å². The lowest BCUT2D eigenvalue weighted by molar-refractivity contribution is 0.489. The summed E-state index contributed by atoms with van der Waals surface area (Å²) in [5.41, 5.74) is 16.5. The van der Waals surface area contributed by atoms with Gasteiger partial charge in [0.15, 0.2) is 0 Å². The molecule has 3 aliphatic rings. The first-order valence-electron chi connectivity index (χ1n) is 16.2. The predicted octanol–water partition coefficient (Wildman–Crippen LogP) is 11.6. The molecule has 0 amide bonds. The fraction of sp³-hybridized carbons (Fsp3) is 0.286. The van der Waals surface area contributed by atoms with Crippen molar-refractivity contribution in [2.45, 2.75) is 77.0 Å². The zero-order valence-electron chi connectivity index (χ0n) is 27.5. The maximum absolute atomic E-state index is 9.31. The first-order chi connectivity index (χ1) is 20.8. The van der Waals surface area contributed by atoms with Gasteiger partial charge in [0.1, 0.15) is 0 Å². The minimum Gasteiger partial charge on any atom is -0.310 e. The molecule has 0 saturated heterocycles. The number of anilines is 3. The van der Waals surface area contributed by atoms with Crippen molar-refractivity contribution in [1.29, 1.82) is 0 Å². The van der Waals surface area contributed by atoms with Gasteiger partial charge in [0.2, 0.25) is 0 Å². The second kappa shape index (κ2) is 8.73. The van der Waals surface area contributed by atoms with Crippen LogP contribution in [0.4, 0.5) is 17.1 Å². The Hall–Kier alpha value is -4.10. The van der Waals surface area contributed by atoms with Gasteiger partial charge in [-0.25, -0.2) is 0 Å². The molecule has 43 heavy (non-hydrogen) atoms. The Morgan fingerprint density at radius 2 is 0.977 bits per heavy atom. The molecule has 0 heterocycles. The minimum absolute atomic E-state index is 0.0120. The van der Waals surface area contributed by atoms with E-state index in [1.54, 1.807) is 0 Å². The molecule has 1 nitrogen and oxygen atoms in total. The molecule has 1 unspecified atom stereocenters. The number of rotatable bonds is 3. The van der Waals surface area contributed by atoms with Crippen molar-refractivity contribution in [3.05, 3.63) is 137 Å². The number of benzene rings is 5.